The van der Waals surface area contributed by atoms with Gasteiger partial charge in [-0.15, -0.1) is 0 Å². The number of fused-ring (bicyclic) bond motifs is 1. The molecular weight excluding hydrogens is 485 g/mol. The van der Waals surface area contributed by atoms with Crippen LogP contribution in [0.3, 0.4) is 0 Å². The van der Waals surface area contributed by atoms with Gasteiger partial charge in [0, 0.05) is 30.9 Å². The van der Waals surface area contributed by atoms with Crippen molar-refractivity contribution in [2.24, 2.45) is 7.05 Å². The molecule has 1 fully saturated rings. The van der Waals surface area contributed by atoms with Gasteiger partial charge in [0.1, 0.15) is 35.4 Å². The van der Waals surface area contributed by atoms with E-state index >= 15 is 4.39 Å². The summed E-state index contributed by atoms with van der Waals surface area (Å²) in [5, 5.41) is 14.1. The minimum atomic E-state index is -0.533. The number of hydrogen-bond donors (Lipinski definition) is 1. The van der Waals surface area contributed by atoms with Gasteiger partial charge in [0.15, 0.2) is 5.82 Å². The molecule has 5 aromatic rings. The lowest BCUT2D eigenvalue weighted by Crippen LogP contribution is -2.32. The van der Waals surface area contributed by atoms with Crippen LogP contribution in [0.4, 0.5) is 16.0 Å². The molecule has 2 aromatic carbocycles. The highest BCUT2D eigenvalue weighted by Gasteiger charge is 2.34. The van der Waals surface area contributed by atoms with Gasteiger partial charge in [-0.05, 0) is 37.1 Å². The van der Waals surface area contributed by atoms with E-state index in [-0.39, 0.29) is 28.4 Å². The van der Waals surface area contributed by atoms with Crippen molar-refractivity contribution in [2.45, 2.75) is 18.9 Å². The summed E-state index contributed by atoms with van der Waals surface area (Å²) < 4.78 is 18.3. The second-order valence-electron chi connectivity index (χ2n) is 9.09. The Kier molecular flexibility index (Phi) is 5.57. The summed E-state index contributed by atoms with van der Waals surface area (Å²) >= 11 is 0. The van der Waals surface area contributed by atoms with E-state index in [1.807, 2.05) is 35.2 Å². The topological polar surface area (TPSA) is 132 Å². The number of nitrogens with zero attached hydrogens (tertiary/aromatic N) is 8. The lowest BCUT2D eigenvalue weighted by molar-refractivity contribution is 0.626. The SMILES string of the molecule is Cn1cc(-c2c(F)ccc3nc([C@@H]4CCCN4c4ncnc(N)c4C#N)n(-c4ccccc4)c(=O)c23)cn1. The summed E-state index contributed by atoms with van der Waals surface area (Å²) in [6, 6.07) is 13.7. The van der Waals surface area contributed by atoms with Crippen molar-refractivity contribution in [1.82, 2.24) is 29.3 Å². The van der Waals surface area contributed by atoms with Gasteiger partial charge < -0.3 is 10.6 Å². The van der Waals surface area contributed by atoms with E-state index in [0.717, 1.165) is 6.42 Å². The monoisotopic (exact) mass is 507 g/mol. The first kappa shape index (κ1) is 23.3. The summed E-state index contributed by atoms with van der Waals surface area (Å²) in [4.78, 5) is 29.5. The number of rotatable bonds is 4. The molecular formula is C27H22FN9O. The number of hydrogen-bond acceptors (Lipinski definition) is 8. The Balaban J connectivity index is 1.65. The van der Waals surface area contributed by atoms with Crippen molar-refractivity contribution in [1.29, 1.82) is 5.26 Å². The third-order valence-electron chi connectivity index (χ3n) is 6.81. The molecule has 188 valence electrons. The van der Waals surface area contributed by atoms with E-state index in [0.29, 0.717) is 41.4 Å². The maximum Gasteiger partial charge on any atom is 0.266 e. The van der Waals surface area contributed by atoms with Crippen LogP contribution < -0.4 is 16.2 Å². The van der Waals surface area contributed by atoms with Crippen LogP contribution in [0.15, 0.2) is 66.0 Å². The maximum atomic E-state index is 15.3. The van der Waals surface area contributed by atoms with Gasteiger partial charge >= 0.3 is 0 Å². The predicted molar refractivity (Wildman–Crippen MR) is 140 cm³/mol. The number of nitriles is 1. The highest BCUT2D eigenvalue weighted by molar-refractivity contribution is 5.94. The largest absolute Gasteiger partial charge is 0.382 e. The minimum absolute atomic E-state index is 0.0895. The number of nitrogens with two attached hydrogens (primary N) is 1. The van der Waals surface area contributed by atoms with Crippen molar-refractivity contribution in [3.05, 3.63) is 88.7 Å². The molecule has 0 spiro atoms. The molecule has 0 bridgehead atoms. The number of aryl methyl sites for hydroxylation is 1. The van der Waals surface area contributed by atoms with Gasteiger partial charge in [0.25, 0.3) is 5.56 Å². The van der Waals surface area contributed by atoms with Crippen molar-refractivity contribution in [2.75, 3.05) is 17.2 Å². The molecule has 11 heteroatoms. The van der Waals surface area contributed by atoms with Crippen molar-refractivity contribution >= 4 is 22.5 Å². The van der Waals surface area contributed by atoms with E-state index < -0.39 is 11.4 Å². The van der Waals surface area contributed by atoms with E-state index in [9.17, 15) is 10.1 Å². The first-order valence-corrected chi connectivity index (χ1v) is 12.0. The average molecular weight is 508 g/mol. The molecule has 1 saturated heterocycles. The zero-order valence-electron chi connectivity index (χ0n) is 20.4. The standard InChI is InChI=1S/C27H22FN9O/c1-35-14-16(13-33-35)22-19(28)9-10-20-23(22)27(38)37(17-6-3-2-4-7-17)26(34-20)21-8-5-11-36(21)25-18(12-29)24(30)31-15-32-25/h2-4,6-7,9-10,13-15,21H,5,8,11H2,1H3,(H2,30,31,32)/t21-/m0/s1. The first-order chi connectivity index (χ1) is 18.5. The number of anilines is 2. The fraction of sp³-hybridized carbons (Fsp3) is 0.185. The van der Waals surface area contributed by atoms with Crippen molar-refractivity contribution in [3.8, 4) is 22.9 Å². The molecule has 1 aliphatic heterocycles. The lowest BCUT2D eigenvalue weighted by Gasteiger charge is -2.28. The summed E-state index contributed by atoms with van der Waals surface area (Å²) in [5.74, 6) is 0.420. The van der Waals surface area contributed by atoms with Crippen molar-refractivity contribution in [3.63, 3.8) is 0 Å². The molecule has 0 radical (unpaired) electrons. The first-order valence-electron chi connectivity index (χ1n) is 12.0. The molecule has 1 atom stereocenters. The molecule has 0 unspecified atom stereocenters. The summed E-state index contributed by atoms with van der Waals surface area (Å²) in [7, 11) is 1.73. The fourth-order valence-electron chi connectivity index (χ4n) is 5.15. The van der Waals surface area contributed by atoms with Gasteiger partial charge in [-0.2, -0.15) is 10.4 Å². The Hall–Kier alpha value is -5.11. The molecule has 6 rings (SSSR count). The summed E-state index contributed by atoms with van der Waals surface area (Å²) in [6.45, 7) is 0.586. The highest BCUT2D eigenvalue weighted by Crippen LogP contribution is 2.38. The van der Waals surface area contributed by atoms with Gasteiger partial charge in [0.2, 0.25) is 0 Å². The number of nitrogen functional groups attached to an aromatic ring is 1. The number of aromatic nitrogens is 6. The molecule has 10 nitrogen and oxygen atoms in total. The van der Waals surface area contributed by atoms with Gasteiger partial charge in [-0.3, -0.25) is 14.0 Å². The molecule has 4 heterocycles. The third kappa shape index (κ3) is 3.66. The molecule has 38 heavy (non-hydrogen) atoms. The smallest absolute Gasteiger partial charge is 0.266 e. The van der Waals surface area contributed by atoms with Crippen LogP contribution in [0, 0.1) is 17.1 Å². The molecule has 1 aliphatic rings. The predicted octanol–water partition coefficient (Wildman–Crippen LogP) is 3.51. The molecule has 3 aromatic heterocycles. The Morgan fingerprint density at radius 2 is 1.97 bits per heavy atom. The second-order valence-corrected chi connectivity index (χ2v) is 9.09. The molecule has 0 amide bonds. The highest BCUT2D eigenvalue weighted by atomic mass is 19.1. The summed E-state index contributed by atoms with van der Waals surface area (Å²) in [5.41, 5.74) is 7.36. The number of halogens is 1. The van der Waals surface area contributed by atoms with Crippen LogP contribution >= 0.6 is 0 Å². The Morgan fingerprint density at radius 3 is 2.71 bits per heavy atom. The molecule has 0 aliphatic carbocycles. The lowest BCUT2D eigenvalue weighted by atomic mass is 10.0. The van der Waals surface area contributed by atoms with E-state index in [1.54, 1.807) is 17.9 Å². The maximum absolute atomic E-state index is 15.3. The van der Waals surface area contributed by atoms with E-state index in [2.05, 4.69) is 21.1 Å². The van der Waals surface area contributed by atoms with E-state index in [1.165, 1.54) is 29.2 Å². The Labute approximate surface area is 216 Å². The number of para-hydroxylation sites is 1. The Morgan fingerprint density at radius 1 is 1.16 bits per heavy atom. The van der Waals surface area contributed by atoms with Gasteiger partial charge in [-0.1, -0.05) is 18.2 Å². The normalized spacial score (nSPS) is 15.2. The summed E-state index contributed by atoms with van der Waals surface area (Å²) in [6.07, 6.45) is 5.96. The third-order valence-corrected chi connectivity index (χ3v) is 6.81. The van der Waals surface area contributed by atoms with Crippen LogP contribution in [0.1, 0.15) is 30.3 Å². The fourth-order valence-corrected chi connectivity index (χ4v) is 5.15. The zero-order valence-corrected chi connectivity index (χ0v) is 20.4. The van der Waals surface area contributed by atoms with Crippen LogP contribution in [0.5, 0.6) is 0 Å². The second kappa shape index (κ2) is 9.08. The van der Waals surface area contributed by atoms with Crippen LogP contribution in [-0.4, -0.2) is 35.8 Å². The zero-order chi connectivity index (χ0) is 26.4. The van der Waals surface area contributed by atoms with Crippen LogP contribution in [0.25, 0.3) is 27.7 Å². The van der Waals surface area contributed by atoms with Gasteiger partial charge in [-0.25, -0.2) is 19.3 Å². The molecule has 0 saturated carbocycles. The minimum Gasteiger partial charge on any atom is -0.382 e. The van der Waals surface area contributed by atoms with Crippen molar-refractivity contribution < 1.29 is 4.39 Å². The quantitative estimate of drug-likeness (QED) is 0.391. The van der Waals surface area contributed by atoms with E-state index in [4.69, 9.17) is 10.7 Å². The Bertz CT molecular complexity index is 1790. The van der Waals surface area contributed by atoms with Gasteiger partial charge in [0.05, 0.1) is 28.8 Å². The van der Waals surface area contributed by atoms with Crippen LogP contribution in [0.2, 0.25) is 0 Å². The number of benzene rings is 2. The average Bonchev–Trinajstić information content (AvgIpc) is 3.58. The van der Waals surface area contributed by atoms with Crippen LogP contribution in [-0.2, 0) is 7.05 Å². The molecule has 2 N–H and O–H groups in total.